The van der Waals surface area contributed by atoms with Crippen LogP contribution in [0.1, 0.15) is 59.1 Å². The number of rotatable bonds is 3. The van der Waals surface area contributed by atoms with Gasteiger partial charge in [0.15, 0.2) is 0 Å². The third-order valence-electron chi connectivity index (χ3n) is 6.06. The second kappa shape index (κ2) is 8.46. The number of aliphatic hydroxyl groups excluding tert-OH is 1. The molecule has 2 amide bonds. The van der Waals surface area contributed by atoms with Gasteiger partial charge in [0.2, 0.25) is 0 Å². The molecule has 8 heteroatoms. The van der Waals surface area contributed by atoms with E-state index in [9.17, 15) is 19.6 Å². The molecule has 4 rings (SSSR count). The normalized spacial score (nSPS) is 26.2. The first kappa shape index (κ1) is 21.0. The number of amides is 2. The van der Waals surface area contributed by atoms with Crippen molar-refractivity contribution in [1.29, 1.82) is 0 Å². The van der Waals surface area contributed by atoms with Crippen molar-refractivity contribution in [1.82, 2.24) is 4.90 Å². The molecule has 2 aromatic carbocycles. The third kappa shape index (κ3) is 3.53. The fourth-order valence-electron chi connectivity index (χ4n) is 4.73. The van der Waals surface area contributed by atoms with Crippen LogP contribution in [0.2, 0.25) is 10.0 Å². The molecular formula is C22H20Cl2N2O4. The second-order valence-electron chi connectivity index (χ2n) is 7.74. The topological polar surface area (TPSA) is 87.0 Å². The quantitative estimate of drug-likeness (QED) is 0.681. The molecule has 0 aromatic heterocycles. The average molecular weight is 447 g/mol. The summed E-state index contributed by atoms with van der Waals surface area (Å²) in [6.07, 6.45) is 2.12. The largest absolute Gasteiger partial charge is 0.391 e. The molecule has 1 aliphatic carbocycles. The average Bonchev–Trinajstić information content (AvgIpc) is 2.74. The molecule has 1 aliphatic heterocycles. The lowest BCUT2D eigenvalue weighted by atomic mass is 9.77. The fourth-order valence-corrected chi connectivity index (χ4v) is 5.25. The number of nitrogens with zero attached hydrogens (tertiary/aromatic N) is 2. The lowest BCUT2D eigenvalue weighted by Gasteiger charge is -2.47. The molecule has 1 saturated carbocycles. The molecule has 2 aliphatic rings. The van der Waals surface area contributed by atoms with Crippen molar-refractivity contribution in [2.24, 2.45) is 5.18 Å². The highest BCUT2D eigenvalue weighted by Gasteiger charge is 2.49. The van der Waals surface area contributed by atoms with Crippen LogP contribution < -0.4 is 0 Å². The Hall–Kier alpha value is -2.28. The van der Waals surface area contributed by atoms with Gasteiger partial charge in [0.25, 0.3) is 11.8 Å². The van der Waals surface area contributed by atoms with E-state index in [-0.39, 0.29) is 10.9 Å². The smallest absolute Gasteiger partial charge is 0.296 e. The van der Waals surface area contributed by atoms with E-state index in [2.05, 4.69) is 5.18 Å². The molecule has 1 N–H and O–H groups in total. The first-order valence-electron chi connectivity index (χ1n) is 9.86. The summed E-state index contributed by atoms with van der Waals surface area (Å²) in [5, 5.41) is 14.1. The van der Waals surface area contributed by atoms with Crippen molar-refractivity contribution in [2.45, 2.75) is 49.8 Å². The number of halogens is 2. The van der Waals surface area contributed by atoms with Gasteiger partial charge in [-0.25, -0.2) is 0 Å². The summed E-state index contributed by atoms with van der Waals surface area (Å²) in [5.74, 6) is -2.21. The van der Waals surface area contributed by atoms with E-state index in [1.54, 1.807) is 36.4 Å². The molecular weight excluding hydrogens is 427 g/mol. The van der Waals surface area contributed by atoms with Crippen LogP contribution in [0.25, 0.3) is 0 Å². The highest BCUT2D eigenvalue weighted by Crippen LogP contribution is 2.48. The Kier molecular flexibility index (Phi) is 5.91. The number of nitroso groups, excluding NO2 is 1. The number of hydrogen-bond donors (Lipinski definition) is 1. The molecule has 0 unspecified atom stereocenters. The van der Waals surface area contributed by atoms with E-state index in [0.717, 1.165) is 12.8 Å². The van der Waals surface area contributed by atoms with E-state index in [1.807, 2.05) is 0 Å². The zero-order valence-electron chi connectivity index (χ0n) is 16.0. The Morgan fingerprint density at radius 1 is 1.07 bits per heavy atom. The number of aliphatic hydroxyl groups is 1. The van der Waals surface area contributed by atoms with Crippen molar-refractivity contribution in [2.75, 3.05) is 0 Å². The molecule has 0 bridgehead atoms. The van der Waals surface area contributed by atoms with E-state index in [1.165, 1.54) is 11.0 Å². The Labute approximate surface area is 183 Å². The summed E-state index contributed by atoms with van der Waals surface area (Å²) < 4.78 is 0. The van der Waals surface area contributed by atoms with Crippen molar-refractivity contribution in [3.05, 3.63) is 74.1 Å². The first-order valence-corrected chi connectivity index (χ1v) is 10.6. The van der Waals surface area contributed by atoms with Gasteiger partial charge in [-0.1, -0.05) is 60.3 Å². The van der Waals surface area contributed by atoms with Gasteiger partial charge in [0.1, 0.15) is 0 Å². The summed E-state index contributed by atoms with van der Waals surface area (Å²) in [4.78, 5) is 39.3. The molecule has 1 heterocycles. The summed E-state index contributed by atoms with van der Waals surface area (Å²) in [6, 6.07) is 10.1. The summed E-state index contributed by atoms with van der Waals surface area (Å²) in [5.41, 5.74) is 1.26. The van der Waals surface area contributed by atoms with Crippen LogP contribution in [0, 0.1) is 4.91 Å². The van der Waals surface area contributed by atoms with Crippen LogP contribution >= 0.6 is 23.2 Å². The van der Waals surface area contributed by atoms with Crippen molar-refractivity contribution < 1.29 is 14.7 Å². The van der Waals surface area contributed by atoms with Gasteiger partial charge < -0.3 is 10.0 Å². The number of carbonyl (C=O) groups is 2. The van der Waals surface area contributed by atoms with Gasteiger partial charge in [0, 0.05) is 20.8 Å². The fraction of sp³-hybridized carbons (Fsp3) is 0.364. The van der Waals surface area contributed by atoms with Gasteiger partial charge in [-0.05, 0) is 42.2 Å². The zero-order chi connectivity index (χ0) is 21.4. The van der Waals surface area contributed by atoms with Crippen molar-refractivity contribution in [3.8, 4) is 0 Å². The third-order valence-corrected chi connectivity index (χ3v) is 6.63. The number of hydrogen-bond acceptors (Lipinski definition) is 4. The summed E-state index contributed by atoms with van der Waals surface area (Å²) in [7, 11) is 0. The van der Waals surface area contributed by atoms with Gasteiger partial charge in [-0.3, -0.25) is 9.59 Å². The van der Waals surface area contributed by atoms with E-state index >= 15 is 0 Å². The molecule has 0 saturated heterocycles. The van der Waals surface area contributed by atoms with Gasteiger partial charge in [-0.2, -0.15) is 0 Å². The minimum Gasteiger partial charge on any atom is -0.391 e. The summed E-state index contributed by atoms with van der Waals surface area (Å²) >= 11 is 12.5. The maximum atomic E-state index is 13.6. The molecule has 0 radical (unpaired) electrons. The summed E-state index contributed by atoms with van der Waals surface area (Å²) in [6.45, 7) is 0. The van der Waals surface area contributed by atoms with E-state index in [4.69, 9.17) is 23.2 Å². The van der Waals surface area contributed by atoms with Crippen LogP contribution in [0.15, 0.2) is 47.6 Å². The van der Waals surface area contributed by atoms with Crippen LogP contribution in [0.3, 0.4) is 0 Å². The van der Waals surface area contributed by atoms with Crippen LogP contribution in [0.4, 0.5) is 0 Å². The van der Waals surface area contributed by atoms with Crippen LogP contribution in [-0.4, -0.2) is 34.0 Å². The van der Waals surface area contributed by atoms with Crippen LogP contribution in [0.5, 0.6) is 0 Å². The Morgan fingerprint density at radius 2 is 1.80 bits per heavy atom. The minimum atomic E-state index is -1.02. The first-order chi connectivity index (χ1) is 14.4. The predicted molar refractivity (Wildman–Crippen MR) is 114 cm³/mol. The second-order valence-corrected chi connectivity index (χ2v) is 8.58. The Balaban J connectivity index is 1.96. The predicted octanol–water partition coefficient (Wildman–Crippen LogP) is 4.87. The zero-order valence-corrected chi connectivity index (χ0v) is 17.5. The monoisotopic (exact) mass is 446 g/mol. The maximum Gasteiger partial charge on any atom is 0.296 e. The molecule has 6 nitrogen and oxygen atoms in total. The Morgan fingerprint density at radius 3 is 2.50 bits per heavy atom. The van der Waals surface area contributed by atoms with Gasteiger partial charge >= 0.3 is 0 Å². The van der Waals surface area contributed by atoms with Gasteiger partial charge in [-0.15, -0.1) is 4.91 Å². The SMILES string of the molecule is O=NC(=O)[C@@H]1c2ccccc2C(=O)N([C@@H]2CCCC[C@H]2O)[C@H]1c1ccc(Cl)cc1Cl. The lowest BCUT2D eigenvalue weighted by molar-refractivity contribution is -0.121. The van der Waals surface area contributed by atoms with Gasteiger partial charge in [0.05, 0.1) is 24.1 Å². The highest BCUT2D eigenvalue weighted by molar-refractivity contribution is 6.35. The molecule has 0 spiro atoms. The van der Waals surface area contributed by atoms with E-state index < -0.39 is 30.0 Å². The lowest BCUT2D eigenvalue weighted by Crippen LogP contribution is -2.54. The highest BCUT2D eigenvalue weighted by atomic mass is 35.5. The van der Waals surface area contributed by atoms with Crippen molar-refractivity contribution >= 4 is 35.0 Å². The molecule has 30 heavy (non-hydrogen) atoms. The molecule has 1 fully saturated rings. The maximum absolute atomic E-state index is 13.6. The molecule has 4 atom stereocenters. The molecule has 156 valence electrons. The standard InChI is InChI=1S/C22H20Cl2N2O4/c23-12-9-10-15(16(24)11-12)20-19(21(28)25-30)13-5-1-2-6-14(13)22(29)26(20)17-7-3-4-8-18(17)27/h1-2,5-6,9-11,17-20,27H,3-4,7-8H2/t17-,18-,19-,20+/m1/s1. The number of benzene rings is 2. The number of carbonyl (C=O) groups excluding carboxylic acids is 2. The molecule has 2 aromatic rings. The van der Waals surface area contributed by atoms with E-state index in [0.29, 0.717) is 34.6 Å². The minimum absolute atomic E-state index is 0.277. The Bertz CT molecular complexity index is 1010. The van der Waals surface area contributed by atoms with Crippen molar-refractivity contribution in [3.63, 3.8) is 0 Å². The number of fused-ring (bicyclic) bond motifs is 1. The van der Waals surface area contributed by atoms with Crippen LogP contribution in [-0.2, 0) is 4.79 Å².